The van der Waals surface area contributed by atoms with Crippen molar-refractivity contribution in [1.29, 1.82) is 0 Å². The summed E-state index contributed by atoms with van der Waals surface area (Å²) >= 11 is 0. The van der Waals surface area contributed by atoms with Crippen LogP contribution in [0.2, 0.25) is 0 Å². The fourth-order valence-corrected chi connectivity index (χ4v) is 2.15. The van der Waals surface area contributed by atoms with Gasteiger partial charge in [-0.2, -0.15) is 5.10 Å². The molecule has 1 aromatic carbocycles. The maximum Gasteiger partial charge on any atom is 0.255 e. The van der Waals surface area contributed by atoms with Crippen LogP contribution in [0.5, 0.6) is 0 Å². The number of carbonyl (C=O) groups excluding carboxylic acids is 1. The molecule has 6 heteroatoms. The molecule has 0 unspecified atom stereocenters. The molecule has 3 aromatic rings. The maximum atomic E-state index is 12.4. The van der Waals surface area contributed by atoms with Crippen LogP contribution in [0.25, 0.3) is 10.9 Å². The summed E-state index contributed by atoms with van der Waals surface area (Å²) in [6.07, 6.45) is 5.06. The fourth-order valence-electron chi connectivity index (χ4n) is 2.15. The summed E-state index contributed by atoms with van der Waals surface area (Å²) in [7, 11) is 3.84. The van der Waals surface area contributed by atoms with Crippen molar-refractivity contribution in [3.63, 3.8) is 0 Å². The molecule has 0 bridgehead atoms. The standard InChI is InChI=1S/C15H15N5O/c1-20(2)14-5-6-16-9-13(14)18-15(21)10-3-4-11-8-17-19-12(11)7-10/h3-9H,1-2H3,(H,17,19)(H,18,21). The predicted molar refractivity (Wildman–Crippen MR) is 82.6 cm³/mol. The SMILES string of the molecule is CN(C)c1ccncc1NC(=O)c1ccc2cn[nH]c2c1. The quantitative estimate of drug-likeness (QED) is 0.772. The first-order chi connectivity index (χ1) is 10.1. The van der Waals surface area contributed by atoms with Crippen LogP contribution >= 0.6 is 0 Å². The maximum absolute atomic E-state index is 12.4. The lowest BCUT2D eigenvalue weighted by atomic mass is 10.1. The molecule has 0 spiro atoms. The van der Waals surface area contributed by atoms with E-state index in [1.807, 2.05) is 31.1 Å². The largest absolute Gasteiger partial charge is 0.376 e. The van der Waals surface area contributed by atoms with E-state index in [4.69, 9.17) is 0 Å². The normalized spacial score (nSPS) is 10.6. The van der Waals surface area contributed by atoms with Crippen LogP contribution in [-0.4, -0.2) is 35.2 Å². The zero-order valence-corrected chi connectivity index (χ0v) is 11.8. The van der Waals surface area contributed by atoms with Gasteiger partial charge in [-0.3, -0.25) is 14.9 Å². The number of nitrogens with zero attached hydrogens (tertiary/aromatic N) is 3. The monoisotopic (exact) mass is 281 g/mol. The Kier molecular flexibility index (Phi) is 3.27. The van der Waals surface area contributed by atoms with Crippen molar-refractivity contribution in [2.24, 2.45) is 0 Å². The summed E-state index contributed by atoms with van der Waals surface area (Å²) in [4.78, 5) is 18.3. The van der Waals surface area contributed by atoms with E-state index >= 15 is 0 Å². The number of hydrogen-bond donors (Lipinski definition) is 2. The van der Waals surface area contributed by atoms with Gasteiger partial charge in [0.25, 0.3) is 5.91 Å². The number of carbonyl (C=O) groups is 1. The lowest BCUT2D eigenvalue weighted by molar-refractivity contribution is 0.102. The van der Waals surface area contributed by atoms with Gasteiger partial charge in [0.2, 0.25) is 0 Å². The Hall–Kier alpha value is -2.89. The van der Waals surface area contributed by atoms with E-state index < -0.39 is 0 Å². The number of rotatable bonds is 3. The number of amides is 1. The third-order valence-corrected chi connectivity index (χ3v) is 3.23. The predicted octanol–water partition coefficient (Wildman–Crippen LogP) is 2.28. The average Bonchev–Trinajstić information content (AvgIpc) is 2.94. The molecule has 0 aliphatic rings. The molecule has 0 saturated carbocycles. The Morgan fingerprint density at radius 3 is 2.90 bits per heavy atom. The van der Waals surface area contributed by atoms with Gasteiger partial charge in [0.15, 0.2) is 0 Å². The van der Waals surface area contributed by atoms with E-state index in [2.05, 4.69) is 20.5 Å². The first-order valence-electron chi connectivity index (χ1n) is 6.51. The highest BCUT2D eigenvalue weighted by Crippen LogP contribution is 2.23. The number of aromatic amines is 1. The number of benzene rings is 1. The van der Waals surface area contributed by atoms with Crippen LogP contribution in [-0.2, 0) is 0 Å². The molecule has 2 heterocycles. The average molecular weight is 281 g/mol. The molecule has 0 fully saturated rings. The molecular weight excluding hydrogens is 266 g/mol. The highest BCUT2D eigenvalue weighted by Gasteiger charge is 2.11. The Bertz CT molecular complexity index is 793. The number of H-pyrrole nitrogens is 1. The van der Waals surface area contributed by atoms with E-state index in [0.717, 1.165) is 16.6 Å². The van der Waals surface area contributed by atoms with E-state index in [1.165, 1.54) is 0 Å². The Morgan fingerprint density at radius 2 is 2.10 bits per heavy atom. The number of nitrogens with one attached hydrogen (secondary N) is 2. The van der Waals surface area contributed by atoms with Crippen LogP contribution in [0, 0.1) is 0 Å². The number of anilines is 2. The van der Waals surface area contributed by atoms with Gasteiger partial charge in [-0.05, 0) is 18.2 Å². The third-order valence-electron chi connectivity index (χ3n) is 3.23. The van der Waals surface area contributed by atoms with Crippen LogP contribution in [0.15, 0.2) is 42.9 Å². The molecule has 1 amide bonds. The lowest BCUT2D eigenvalue weighted by Gasteiger charge is -2.17. The van der Waals surface area contributed by atoms with Gasteiger partial charge in [0.05, 0.1) is 29.3 Å². The van der Waals surface area contributed by atoms with Crippen LogP contribution < -0.4 is 10.2 Å². The van der Waals surface area contributed by atoms with Crippen LogP contribution in [0.3, 0.4) is 0 Å². The second-order valence-electron chi connectivity index (χ2n) is 4.91. The van der Waals surface area contributed by atoms with Gasteiger partial charge >= 0.3 is 0 Å². The molecule has 6 nitrogen and oxygen atoms in total. The van der Waals surface area contributed by atoms with Gasteiger partial charge in [-0.15, -0.1) is 0 Å². The van der Waals surface area contributed by atoms with Crippen molar-refractivity contribution in [2.45, 2.75) is 0 Å². The zero-order valence-electron chi connectivity index (χ0n) is 11.8. The second-order valence-corrected chi connectivity index (χ2v) is 4.91. The molecule has 106 valence electrons. The van der Waals surface area contributed by atoms with Crippen molar-refractivity contribution in [1.82, 2.24) is 15.2 Å². The van der Waals surface area contributed by atoms with E-state index in [-0.39, 0.29) is 5.91 Å². The van der Waals surface area contributed by atoms with Gasteiger partial charge < -0.3 is 10.2 Å². The molecule has 0 aliphatic carbocycles. The lowest BCUT2D eigenvalue weighted by Crippen LogP contribution is -2.16. The first kappa shape index (κ1) is 13.1. The smallest absolute Gasteiger partial charge is 0.255 e. The summed E-state index contributed by atoms with van der Waals surface area (Å²) in [5.41, 5.74) is 2.99. The summed E-state index contributed by atoms with van der Waals surface area (Å²) in [5, 5.41) is 10.7. The zero-order chi connectivity index (χ0) is 14.8. The molecule has 2 aromatic heterocycles. The van der Waals surface area contributed by atoms with E-state index in [1.54, 1.807) is 30.7 Å². The molecule has 0 saturated heterocycles. The molecule has 21 heavy (non-hydrogen) atoms. The van der Waals surface area contributed by atoms with Crippen LogP contribution in [0.1, 0.15) is 10.4 Å². The highest BCUT2D eigenvalue weighted by molar-refractivity contribution is 6.07. The van der Waals surface area contributed by atoms with E-state index in [9.17, 15) is 4.79 Å². The first-order valence-corrected chi connectivity index (χ1v) is 6.51. The summed E-state index contributed by atoms with van der Waals surface area (Å²) in [5.74, 6) is -0.178. The van der Waals surface area contributed by atoms with Crippen molar-refractivity contribution >= 4 is 28.2 Å². The molecule has 0 aliphatic heterocycles. The molecular formula is C15H15N5O. The molecule has 0 radical (unpaired) electrons. The van der Waals surface area contributed by atoms with Gasteiger partial charge in [-0.25, -0.2) is 0 Å². The summed E-state index contributed by atoms with van der Waals surface area (Å²) in [6.45, 7) is 0. The van der Waals surface area contributed by atoms with Gasteiger partial charge in [-0.1, -0.05) is 6.07 Å². The van der Waals surface area contributed by atoms with Gasteiger partial charge in [0, 0.05) is 31.2 Å². The Labute approximate surface area is 121 Å². The minimum Gasteiger partial charge on any atom is -0.376 e. The fraction of sp³-hybridized carbons (Fsp3) is 0.133. The Morgan fingerprint density at radius 1 is 1.24 bits per heavy atom. The number of fused-ring (bicyclic) bond motifs is 1. The Balaban J connectivity index is 1.89. The summed E-state index contributed by atoms with van der Waals surface area (Å²) < 4.78 is 0. The van der Waals surface area contributed by atoms with Crippen molar-refractivity contribution in [2.75, 3.05) is 24.3 Å². The number of pyridine rings is 1. The number of hydrogen-bond acceptors (Lipinski definition) is 4. The van der Waals surface area contributed by atoms with E-state index in [0.29, 0.717) is 11.3 Å². The minimum absolute atomic E-state index is 0.178. The number of aromatic nitrogens is 3. The topological polar surface area (TPSA) is 73.9 Å². The highest BCUT2D eigenvalue weighted by atomic mass is 16.1. The van der Waals surface area contributed by atoms with Crippen LogP contribution in [0.4, 0.5) is 11.4 Å². The molecule has 0 atom stereocenters. The minimum atomic E-state index is -0.178. The molecule has 2 N–H and O–H groups in total. The van der Waals surface area contributed by atoms with Crippen molar-refractivity contribution < 1.29 is 4.79 Å². The summed E-state index contributed by atoms with van der Waals surface area (Å²) in [6, 6.07) is 7.28. The second kappa shape index (κ2) is 5.24. The van der Waals surface area contributed by atoms with Crippen molar-refractivity contribution in [3.8, 4) is 0 Å². The van der Waals surface area contributed by atoms with Gasteiger partial charge in [0.1, 0.15) is 0 Å². The molecule has 3 rings (SSSR count). The van der Waals surface area contributed by atoms with Crippen molar-refractivity contribution in [3.05, 3.63) is 48.4 Å². The third kappa shape index (κ3) is 2.55.